The summed E-state index contributed by atoms with van der Waals surface area (Å²) < 4.78 is 61.4. The van der Waals surface area contributed by atoms with Gasteiger partial charge in [-0.3, -0.25) is 0 Å². The van der Waals surface area contributed by atoms with Crippen molar-refractivity contribution in [3.8, 4) is 0 Å². The molecule has 0 aliphatic carbocycles. The van der Waals surface area contributed by atoms with Gasteiger partial charge in [-0.2, -0.15) is 21.6 Å². The molecule has 0 saturated heterocycles. The fraction of sp³-hybridized carbons (Fsp3) is 0.500. The van der Waals surface area contributed by atoms with Gasteiger partial charge in [0.1, 0.15) is 6.67 Å². The molecule has 0 atom stereocenters. The molecule has 0 aromatic carbocycles. The molecular weight excluding hydrogens is 253 g/mol. The van der Waals surface area contributed by atoms with Gasteiger partial charge in [0.15, 0.2) is 0 Å². The molecule has 92 valence electrons. The van der Waals surface area contributed by atoms with E-state index in [-0.39, 0.29) is 6.67 Å². The molecule has 1 heterocycles. The van der Waals surface area contributed by atoms with Gasteiger partial charge >= 0.3 is 22.4 Å². The molecule has 0 amide bonds. The van der Waals surface area contributed by atoms with Gasteiger partial charge in [0.25, 0.3) is 0 Å². The molecule has 0 N–H and O–H groups in total. The van der Waals surface area contributed by atoms with Crippen LogP contribution < -0.4 is 0 Å². The van der Waals surface area contributed by atoms with Crippen molar-refractivity contribution in [3.05, 3.63) is 12.4 Å². The number of alkyl halides is 3. The Morgan fingerprint density at radius 1 is 1.38 bits per heavy atom. The molecule has 0 fully saturated rings. The Kier molecular flexibility index (Phi) is 3.03. The Hall–Kier alpha value is -1.45. The van der Waals surface area contributed by atoms with Crippen LogP contribution in [0.4, 0.5) is 13.2 Å². The van der Waals surface area contributed by atoms with E-state index in [0.717, 1.165) is 6.20 Å². The van der Waals surface area contributed by atoms with Crippen molar-refractivity contribution in [2.24, 2.45) is 0 Å². The molecule has 0 aromatic heterocycles. The average molecular weight is 260 g/mol. The topological polar surface area (TPSA) is 66.9 Å². The van der Waals surface area contributed by atoms with E-state index in [1.807, 2.05) is 0 Å². The summed E-state index contributed by atoms with van der Waals surface area (Å²) in [5, 5.41) is 0. The molecule has 0 radical (unpaired) electrons. The Balaban J connectivity index is 2.74. The van der Waals surface area contributed by atoms with Crippen LogP contribution in [0.3, 0.4) is 0 Å². The lowest BCUT2D eigenvalue weighted by Gasteiger charge is -2.17. The van der Waals surface area contributed by atoms with Crippen molar-refractivity contribution in [1.29, 1.82) is 0 Å². The maximum atomic E-state index is 11.8. The fourth-order valence-corrected chi connectivity index (χ4v) is 1.75. The van der Waals surface area contributed by atoms with Gasteiger partial charge in [-0.05, 0) is 0 Å². The standard InChI is InChI=1S/C6H7F3N2O4S/c1-10-2-3-11(4-10)16(13,14)15-5(12)6(7,8)9/h2-3H,4H2,1H3. The zero-order valence-corrected chi connectivity index (χ0v) is 8.75. The van der Waals surface area contributed by atoms with Gasteiger partial charge in [-0.1, -0.05) is 0 Å². The second-order valence-corrected chi connectivity index (χ2v) is 4.40. The third kappa shape index (κ3) is 2.78. The maximum absolute atomic E-state index is 11.8. The molecule has 0 spiro atoms. The summed E-state index contributed by atoms with van der Waals surface area (Å²) in [5.74, 6) is -2.77. The number of carbonyl (C=O) groups is 1. The molecule has 0 aromatic rings. The number of nitrogens with zero attached hydrogens (tertiary/aromatic N) is 2. The normalized spacial score (nSPS) is 16.8. The quantitative estimate of drug-likeness (QED) is 0.699. The SMILES string of the molecule is CN1C=CN(S(=O)(=O)OC(=O)C(F)(F)F)C1. The third-order valence-corrected chi connectivity index (χ3v) is 2.72. The summed E-state index contributed by atoms with van der Waals surface area (Å²) >= 11 is 0. The highest BCUT2D eigenvalue weighted by Gasteiger charge is 2.45. The van der Waals surface area contributed by atoms with Crippen LogP contribution in [0.25, 0.3) is 0 Å². The van der Waals surface area contributed by atoms with Crippen LogP contribution in [0.2, 0.25) is 0 Å². The predicted molar refractivity (Wildman–Crippen MR) is 44.7 cm³/mol. The van der Waals surface area contributed by atoms with Crippen LogP contribution in [0.5, 0.6) is 0 Å². The first-order chi connectivity index (χ1) is 7.13. The van der Waals surface area contributed by atoms with Gasteiger partial charge in [0.2, 0.25) is 0 Å². The smallest absolute Gasteiger partial charge is 0.361 e. The lowest BCUT2D eigenvalue weighted by atomic mass is 10.7. The zero-order chi connectivity index (χ0) is 12.6. The predicted octanol–water partition coefficient (Wildman–Crippen LogP) is 0.0128. The number of carbonyl (C=O) groups excluding carboxylic acids is 1. The van der Waals surface area contributed by atoms with Crippen molar-refractivity contribution >= 4 is 16.3 Å². The number of hydrogen-bond donors (Lipinski definition) is 0. The molecule has 0 bridgehead atoms. The van der Waals surface area contributed by atoms with Crippen molar-refractivity contribution in [1.82, 2.24) is 9.21 Å². The van der Waals surface area contributed by atoms with E-state index < -0.39 is 22.4 Å². The van der Waals surface area contributed by atoms with Crippen LogP contribution >= 0.6 is 0 Å². The van der Waals surface area contributed by atoms with E-state index in [2.05, 4.69) is 4.18 Å². The van der Waals surface area contributed by atoms with Crippen molar-refractivity contribution in [3.63, 3.8) is 0 Å². The molecule has 0 saturated carbocycles. The Morgan fingerprint density at radius 2 is 1.94 bits per heavy atom. The monoisotopic (exact) mass is 260 g/mol. The van der Waals surface area contributed by atoms with Gasteiger partial charge in [0, 0.05) is 19.4 Å². The van der Waals surface area contributed by atoms with E-state index in [0.29, 0.717) is 4.31 Å². The number of hydrogen-bond acceptors (Lipinski definition) is 5. The highest BCUT2D eigenvalue weighted by Crippen LogP contribution is 2.20. The van der Waals surface area contributed by atoms with Crippen molar-refractivity contribution in [2.45, 2.75) is 6.18 Å². The maximum Gasteiger partial charge on any atom is 0.492 e. The summed E-state index contributed by atoms with van der Waals surface area (Å²) in [7, 11) is -3.24. The van der Waals surface area contributed by atoms with E-state index >= 15 is 0 Å². The summed E-state index contributed by atoms with van der Waals surface area (Å²) in [6.45, 7) is -0.215. The largest absolute Gasteiger partial charge is 0.492 e. The van der Waals surface area contributed by atoms with E-state index in [4.69, 9.17) is 0 Å². The summed E-state index contributed by atoms with van der Waals surface area (Å²) in [4.78, 5) is 11.7. The number of halogens is 3. The van der Waals surface area contributed by atoms with Gasteiger partial charge in [-0.25, -0.2) is 9.10 Å². The van der Waals surface area contributed by atoms with Crippen LogP contribution in [0.1, 0.15) is 0 Å². The highest BCUT2D eigenvalue weighted by molar-refractivity contribution is 7.84. The third-order valence-electron chi connectivity index (χ3n) is 1.55. The molecule has 6 nitrogen and oxygen atoms in total. The fourth-order valence-electron chi connectivity index (χ4n) is 0.838. The Bertz CT molecular complexity index is 416. The van der Waals surface area contributed by atoms with Gasteiger partial charge in [0.05, 0.1) is 0 Å². The highest BCUT2D eigenvalue weighted by atomic mass is 32.2. The van der Waals surface area contributed by atoms with E-state index in [1.54, 1.807) is 0 Å². The lowest BCUT2D eigenvalue weighted by Crippen LogP contribution is -2.36. The minimum absolute atomic E-state index is 0.215. The molecule has 1 rings (SSSR count). The summed E-state index contributed by atoms with van der Waals surface area (Å²) in [6, 6.07) is 0. The van der Waals surface area contributed by atoms with Crippen molar-refractivity contribution < 1.29 is 30.6 Å². The second-order valence-electron chi connectivity index (χ2n) is 2.91. The van der Waals surface area contributed by atoms with Crippen LogP contribution in [-0.2, 0) is 19.3 Å². The Morgan fingerprint density at radius 3 is 2.31 bits per heavy atom. The van der Waals surface area contributed by atoms with Crippen LogP contribution in [0, 0.1) is 0 Å². The summed E-state index contributed by atoms with van der Waals surface area (Å²) in [6.07, 6.45) is -3.06. The molecule has 1 aliphatic heterocycles. The van der Waals surface area contributed by atoms with Gasteiger partial charge < -0.3 is 9.08 Å². The second kappa shape index (κ2) is 3.85. The molecular formula is C6H7F3N2O4S. The van der Waals surface area contributed by atoms with Crippen molar-refractivity contribution in [2.75, 3.05) is 13.7 Å². The Labute approximate surface area is 89.1 Å². The minimum Gasteiger partial charge on any atom is -0.361 e. The first kappa shape index (κ1) is 12.6. The average Bonchev–Trinajstić information content (AvgIpc) is 2.49. The molecule has 1 aliphatic rings. The van der Waals surface area contributed by atoms with Gasteiger partial charge in [-0.15, -0.1) is 0 Å². The zero-order valence-electron chi connectivity index (χ0n) is 7.93. The van der Waals surface area contributed by atoms with Crippen LogP contribution in [0.15, 0.2) is 12.4 Å². The van der Waals surface area contributed by atoms with E-state index in [9.17, 15) is 26.4 Å². The molecule has 10 heteroatoms. The number of rotatable bonds is 2. The lowest BCUT2D eigenvalue weighted by molar-refractivity contribution is -0.189. The first-order valence-corrected chi connectivity index (χ1v) is 5.20. The molecule has 16 heavy (non-hydrogen) atoms. The van der Waals surface area contributed by atoms with Crippen LogP contribution in [-0.4, -0.2) is 43.5 Å². The summed E-state index contributed by atoms with van der Waals surface area (Å²) in [5.41, 5.74) is 0. The molecule has 0 unspecified atom stereocenters. The minimum atomic E-state index is -5.34. The van der Waals surface area contributed by atoms with E-state index in [1.165, 1.54) is 18.1 Å². The first-order valence-electron chi connectivity index (χ1n) is 3.84.